The van der Waals surface area contributed by atoms with Crippen molar-refractivity contribution in [3.05, 3.63) is 21.0 Å². The summed E-state index contributed by atoms with van der Waals surface area (Å²) >= 11 is 3.33. The van der Waals surface area contributed by atoms with E-state index in [1.165, 1.54) is 4.68 Å². The highest BCUT2D eigenvalue weighted by molar-refractivity contribution is 9.10. The monoisotopic (exact) mass is 285 g/mol. The fourth-order valence-electron chi connectivity index (χ4n) is 1.69. The van der Waals surface area contributed by atoms with Gasteiger partial charge in [0, 0.05) is 12.6 Å². The van der Waals surface area contributed by atoms with E-state index in [4.69, 9.17) is 0 Å². The molecule has 4 nitrogen and oxygen atoms in total. The number of rotatable bonds is 3. The van der Waals surface area contributed by atoms with Crippen LogP contribution >= 0.6 is 15.9 Å². The minimum absolute atomic E-state index is 0.0778. The number of halogens is 1. The van der Waals surface area contributed by atoms with E-state index in [1.54, 1.807) is 6.20 Å². The predicted molar refractivity (Wildman–Crippen MR) is 67.7 cm³/mol. The maximum absolute atomic E-state index is 11.8. The minimum Gasteiger partial charge on any atom is -0.379 e. The summed E-state index contributed by atoms with van der Waals surface area (Å²) in [6, 6.07) is 0.447. The van der Waals surface area contributed by atoms with E-state index in [-0.39, 0.29) is 5.56 Å². The maximum Gasteiger partial charge on any atom is 0.283 e. The molecule has 1 heterocycles. The van der Waals surface area contributed by atoms with Gasteiger partial charge in [0.15, 0.2) is 0 Å². The van der Waals surface area contributed by atoms with Crippen molar-refractivity contribution >= 4 is 21.6 Å². The Morgan fingerprint density at radius 3 is 2.81 bits per heavy atom. The standard InChI is InChI=1S/C11H16BrN3O/c1-4-15-10(16)9(12)7(6-13-15)14-8-5-11(8,2)3/h6,8,14H,4-5H2,1-3H3. The lowest BCUT2D eigenvalue weighted by molar-refractivity contribution is 0.609. The van der Waals surface area contributed by atoms with Gasteiger partial charge in [0.25, 0.3) is 5.56 Å². The first-order valence-corrected chi connectivity index (χ1v) is 6.27. The van der Waals surface area contributed by atoms with Gasteiger partial charge >= 0.3 is 0 Å². The van der Waals surface area contributed by atoms with E-state index >= 15 is 0 Å². The van der Waals surface area contributed by atoms with Gasteiger partial charge < -0.3 is 5.32 Å². The summed E-state index contributed by atoms with van der Waals surface area (Å²) in [5.74, 6) is 0. The zero-order chi connectivity index (χ0) is 11.9. The second-order valence-electron chi connectivity index (χ2n) is 4.88. The molecule has 1 fully saturated rings. The molecule has 88 valence electrons. The SMILES string of the molecule is CCn1ncc(NC2CC2(C)C)c(Br)c1=O. The number of aryl methyl sites for hydroxylation is 1. The van der Waals surface area contributed by atoms with E-state index in [1.807, 2.05) is 6.92 Å². The second kappa shape index (κ2) is 3.87. The quantitative estimate of drug-likeness (QED) is 0.927. The Kier molecular flexibility index (Phi) is 2.82. The van der Waals surface area contributed by atoms with E-state index in [9.17, 15) is 4.79 Å². The summed E-state index contributed by atoms with van der Waals surface area (Å²) in [5.41, 5.74) is 1.05. The van der Waals surface area contributed by atoms with Crippen molar-refractivity contribution in [2.75, 3.05) is 5.32 Å². The third kappa shape index (κ3) is 2.00. The summed E-state index contributed by atoms with van der Waals surface area (Å²) in [6.07, 6.45) is 2.85. The molecule has 2 rings (SSSR count). The Bertz CT molecular complexity index is 467. The van der Waals surface area contributed by atoms with Crippen LogP contribution in [0, 0.1) is 5.41 Å². The molecular formula is C11H16BrN3O. The largest absolute Gasteiger partial charge is 0.379 e. The van der Waals surface area contributed by atoms with Crippen LogP contribution in [-0.4, -0.2) is 15.8 Å². The summed E-state index contributed by atoms with van der Waals surface area (Å²) in [5, 5.41) is 7.44. The van der Waals surface area contributed by atoms with Gasteiger partial charge in [0.1, 0.15) is 4.47 Å². The normalized spacial score (nSPS) is 21.9. The zero-order valence-electron chi connectivity index (χ0n) is 9.75. The van der Waals surface area contributed by atoms with Crippen LogP contribution in [0.25, 0.3) is 0 Å². The van der Waals surface area contributed by atoms with Gasteiger partial charge in [-0.15, -0.1) is 0 Å². The summed E-state index contributed by atoms with van der Waals surface area (Å²) in [4.78, 5) is 11.8. The highest BCUT2D eigenvalue weighted by Gasteiger charge is 2.45. The van der Waals surface area contributed by atoms with Crippen molar-refractivity contribution in [3.63, 3.8) is 0 Å². The number of anilines is 1. The van der Waals surface area contributed by atoms with Gasteiger partial charge in [-0.05, 0) is 34.7 Å². The van der Waals surface area contributed by atoms with Crippen LogP contribution in [0.3, 0.4) is 0 Å². The molecule has 5 heteroatoms. The van der Waals surface area contributed by atoms with Crippen molar-refractivity contribution in [3.8, 4) is 0 Å². The summed E-state index contributed by atoms with van der Waals surface area (Å²) in [7, 11) is 0. The average molecular weight is 286 g/mol. The molecule has 0 amide bonds. The Labute approximate surface area is 103 Å². The summed E-state index contributed by atoms with van der Waals surface area (Å²) in [6.45, 7) is 6.91. The smallest absolute Gasteiger partial charge is 0.283 e. The molecule has 1 unspecified atom stereocenters. The fraction of sp³-hybridized carbons (Fsp3) is 0.636. The molecule has 0 spiro atoms. The predicted octanol–water partition coefficient (Wildman–Crippen LogP) is 2.24. The molecule has 1 aromatic heterocycles. The number of hydrogen-bond acceptors (Lipinski definition) is 3. The molecule has 0 saturated heterocycles. The molecule has 1 aromatic rings. The van der Waals surface area contributed by atoms with Gasteiger partial charge in [-0.2, -0.15) is 5.10 Å². The highest BCUT2D eigenvalue weighted by Crippen LogP contribution is 2.46. The van der Waals surface area contributed by atoms with E-state index in [0.29, 0.717) is 22.5 Å². The van der Waals surface area contributed by atoms with Gasteiger partial charge in [-0.3, -0.25) is 4.79 Å². The van der Waals surface area contributed by atoms with Crippen LogP contribution < -0.4 is 10.9 Å². The zero-order valence-corrected chi connectivity index (χ0v) is 11.3. The Hall–Kier alpha value is -0.840. The third-order valence-electron chi connectivity index (χ3n) is 3.13. The van der Waals surface area contributed by atoms with Crippen LogP contribution in [0.1, 0.15) is 27.2 Å². The van der Waals surface area contributed by atoms with Crippen molar-refractivity contribution in [2.45, 2.75) is 39.8 Å². The molecule has 1 N–H and O–H groups in total. The highest BCUT2D eigenvalue weighted by atomic mass is 79.9. The molecule has 16 heavy (non-hydrogen) atoms. The maximum atomic E-state index is 11.8. The van der Waals surface area contributed by atoms with Crippen molar-refractivity contribution < 1.29 is 0 Å². The van der Waals surface area contributed by atoms with Crippen LogP contribution in [0.4, 0.5) is 5.69 Å². The van der Waals surface area contributed by atoms with Crippen LogP contribution in [0.2, 0.25) is 0 Å². The number of nitrogens with one attached hydrogen (secondary N) is 1. The molecule has 0 radical (unpaired) electrons. The topological polar surface area (TPSA) is 46.9 Å². The fourth-order valence-corrected chi connectivity index (χ4v) is 2.11. The lowest BCUT2D eigenvalue weighted by Gasteiger charge is -2.10. The Balaban J connectivity index is 2.23. The molecule has 1 aliphatic carbocycles. The van der Waals surface area contributed by atoms with E-state index < -0.39 is 0 Å². The molecule has 1 aliphatic rings. The van der Waals surface area contributed by atoms with Gasteiger partial charge in [0.05, 0.1) is 11.9 Å². The number of nitrogens with zero attached hydrogens (tertiary/aromatic N) is 2. The Morgan fingerprint density at radius 2 is 2.31 bits per heavy atom. The van der Waals surface area contributed by atoms with Crippen LogP contribution in [0.15, 0.2) is 15.5 Å². The summed E-state index contributed by atoms with van der Waals surface area (Å²) < 4.78 is 2.01. The first kappa shape index (κ1) is 11.6. The van der Waals surface area contributed by atoms with E-state index in [0.717, 1.165) is 12.1 Å². The van der Waals surface area contributed by atoms with Gasteiger partial charge in [-0.1, -0.05) is 13.8 Å². The molecule has 1 atom stereocenters. The van der Waals surface area contributed by atoms with Gasteiger partial charge in [0.2, 0.25) is 0 Å². The lowest BCUT2D eigenvalue weighted by Crippen LogP contribution is -2.24. The second-order valence-corrected chi connectivity index (χ2v) is 5.68. The molecule has 0 aromatic carbocycles. The van der Waals surface area contributed by atoms with Crippen molar-refractivity contribution in [2.24, 2.45) is 5.41 Å². The molecular weight excluding hydrogens is 270 g/mol. The van der Waals surface area contributed by atoms with Gasteiger partial charge in [-0.25, -0.2) is 4.68 Å². The average Bonchev–Trinajstić information content (AvgIpc) is 2.82. The first-order chi connectivity index (χ1) is 7.45. The number of hydrogen-bond donors (Lipinski definition) is 1. The molecule has 0 bridgehead atoms. The third-order valence-corrected chi connectivity index (χ3v) is 3.89. The lowest BCUT2D eigenvalue weighted by atomic mass is 10.2. The Morgan fingerprint density at radius 1 is 1.69 bits per heavy atom. The molecule has 1 saturated carbocycles. The van der Waals surface area contributed by atoms with Crippen LogP contribution in [0.5, 0.6) is 0 Å². The first-order valence-electron chi connectivity index (χ1n) is 5.48. The number of aromatic nitrogens is 2. The van der Waals surface area contributed by atoms with E-state index in [2.05, 4.69) is 40.2 Å². The molecule has 0 aliphatic heterocycles. The van der Waals surface area contributed by atoms with Crippen molar-refractivity contribution in [1.82, 2.24) is 9.78 Å². The van der Waals surface area contributed by atoms with Crippen LogP contribution in [-0.2, 0) is 6.54 Å². The van der Waals surface area contributed by atoms with Crippen molar-refractivity contribution in [1.29, 1.82) is 0 Å². The minimum atomic E-state index is -0.0778.